The summed E-state index contributed by atoms with van der Waals surface area (Å²) in [7, 11) is 1.93. The molecule has 3 fully saturated rings. The topological polar surface area (TPSA) is 134 Å². The fraction of sp³-hybridized carbons (Fsp3) is 0.456. The highest BCUT2D eigenvalue weighted by atomic mass is 35.5. The Labute approximate surface area is 435 Å². The molecule has 4 aliphatic rings. The van der Waals surface area contributed by atoms with Gasteiger partial charge in [0.2, 0.25) is 11.8 Å². The molecule has 3 saturated heterocycles. The number of rotatable bonds is 14. The minimum Gasteiger partial charge on any atom is -0.493 e. The number of carbonyl (C=O) groups is 4. The Hall–Kier alpha value is -6.36. The standard InChI is InChI=1S/C57H65ClF2N8O6/c1-34-50(35(2)63(6)62-34)51-44(58)15-14-42-41(10-8-28-73-48-11-7-9-37-29-39(59)12-13-40(37)48)53(56(72)74-57(3,4)5)67(52(42)51)27-24-64-20-18-36(19-21-64)32-65-22-25-66(26-23-65)47-30-38-33-68(55(71)43(38)31-45(47)60)46-16-17-49(69)61-54(46)70/h7,9,11-15,29-31,36,46H,8,10,16-28,32-33H2,1-6H3,(H,61,69,70). The zero-order chi connectivity index (χ0) is 52.2. The van der Waals surface area contributed by atoms with Gasteiger partial charge in [0, 0.05) is 99.0 Å². The summed E-state index contributed by atoms with van der Waals surface area (Å²) in [6.45, 7) is 17.1. The number of hydrogen-bond acceptors (Lipinski definition) is 10. The van der Waals surface area contributed by atoms with Gasteiger partial charge >= 0.3 is 5.97 Å². The van der Waals surface area contributed by atoms with Crippen molar-refractivity contribution < 1.29 is 37.4 Å². The maximum absolute atomic E-state index is 15.7. The van der Waals surface area contributed by atoms with Crippen LogP contribution >= 0.6 is 11.6 Å². The third-order valence-electron chi connectivity index (χ3n) is 15.4. The van der Waals surface area contributed by atoms with E-state index in [0.29, 0.717) is 79.3 Å². The summed E-state index contributed by atoms with van der Waals surface area (Å²) in [5.74, 6) is -1.20. The van der Waals surface area contributed by atoms with Gasteiger partial charge in [-0.15, -0.1) is 0 Å². The molecule has 17 heteroatoms. The van der Waals surface area contributed by atoms with Crippen molar-refractivity contribution in [3.63, 3.8) is 0 Å². The molecule has 6 heterocycles. The average Bonchev–Trinajstić information content (AvgIpc) is 3.95. The molecular formula is C57H65ClF2N8O6. The quantitative estimate of drug-likeness (QED) is 0.0640. The fourth-order valence-corrected chi connectivity index (χ4v) is 11.9. The number of anilines is 1. The van der Waals surface area contributed by atoms with Crippen LogP contribution in [-0.4, -0.2) is 123 Å². The lowest BCUT2D eigenvalue weighted by Crippen LogP contribution is -2.52. The van der Waals surface area contributed by atoms with Gasteiger partial charge in [0.1, 0.15) is 34.7 Å². The van der Waals surface area contributed by atoms with Gasteiger partial charge in [-0.1, -0.05) is 29.8 Å². The van der Waals surface area contributed by atoms with Crippen molar-refractivity contribution in [3.05, 3.63) is 111 Å². The second-order valence-electron chi connectivity index (χ2n) is 21.5. The Balaban J connectivity index is 0.827. The molecule has 4 aliphatic heterocycles. The Morgan fingerprint density at radius 2 is 1.64 bits per heavy atom. The van der Waals surface area contributed by atoms with Crippen molar-refractivity contribution in [1.29, 1.82) is 0 Å². The Morgan fingerprint density at radius 1 is 0.878 bits per heavy atom. The van der Waals surface area contributed by atoms with E-state index in [1.807, 2.05) is 76.7 Å². The molecule has 10 rings (SSSR count). The van der Waals surface area contributed by atoms with Gasteiger partial charge in [-0.2, -0.15) is 5.10 Å². The van der Waals surface area contributed by atoms with Crippen LogP contribution in [0.2, 0.25) is 5.02 Å². The smallest absolute Gasteiger partial charge is 0.355 e. The normalized spacial score (nSPS) is 18.2. The zero-order valence-electron chi connectivity index (χ0n) is 43.2. The predicted molar refractivity (Wildman–Crippen MR) is 282 cm³/mol. The second kappa shape index (κ2) is 20.7. The van der Waals surface area contributed by atoms with Gasteiger partial charge < -0.3 is 28.7 Å². The molecular weight excluding hydrogens is 966 g/mol. The summed E-state index contributed by atoms with van der Waals surface area (Å²) in [4.78, 5) is 60.7. The number of aryl methyl sites for hydroxylation is 3. The lowest BCUT2D eigenvalue weighted by atomic mass is 9.96. The van der Waals surface area contributed by atoms with E-state index in [1.165, 1.54) is 23.1 Å². The molecule has 3 amide bonds. The fourth-order valence-electron chi connectivity index (χ4n) is 11.7. The van der Waals surface area contributed by atoms with Crippen molar-refractivity contribution in [2.75, 3.05) is 63.9 Å². The van der Waals surface area contributed by atoms with Gasteiger partial charge in [-0.05, 0) is 145 Å². The van der Waals surface area contributed by atoms with Gasteiger partial charge in [-0.25, -0.2) is 13.6 Å². The first kappa shape index (κ1) is 51.1. The highest BCUT2D eigenvalue weighted by Crippen LogP contribution is 2.43. The Bertz CT molecular complexity index is 3180. The van der Waals surface area contributed by atoms with Crippen molar-refractivity contribution in [3.8, 4) is 16.9 Å². The molecule has 1 unspecified atom stereocenters. The zero-order valence-corrected chi connectivity index (χ0v) is 43.9. The van der Waals surface area contributed by atoms with E-state index < -0.39 is 29.3 Å². The molecule has 1 N–H and O–H groups in total. The number of nitrogens with zero attached hydrogens (tertiary/aromatic N) is 7. The van der Waals surface area contributed by atoms with Crippen LogP contribution in [0.3, 0.4) is 0 Å². The van der Waals surface area contributed by atoms with Crippen molar-refractivity contribution in [2.45, 2.75) is 97.9 Å². The first-order chi connectivity index (χ1) is 35.4. The molecule has 1 atom stereocenters. The first-order valence-corrected chi connectivity index (χ1v) is 26.4. The van der Waals surface area contributed by atoms with E-state index in [1.54, 1.807) is 12.1 Å². The maximum Gasteiger partial charge on any atom is 0.355 e. The number of nitrogens with one attached hydrogen (secondary N) is 1. The summed E-state index contributed by atoms with van der Waals surface area (Å²) >= 11 is 7.24. The summed E-state index contributed by atoms with van der Waals surface area (Å²) < 4.78 is 46.4. The van der Waals surface area contributed by atoms with Gasteiger partial charge in [0.15, 0.2) is 0 Å². The lowest BCUT2D eigenvalue weighted by molar-refractivity contribution is -0.136. The third-order valence-corrected chi connectivity index (χ3v) is 15.7. The minimum atomic E-state index is -0.749. The number of aromatic nitrogens is 3. The van der Waals surface area contributed by atoms with Crippen molar-refractivity contribution in [1.82, 2.24) is 34.4 Å². The highest BCUT2D eigenvalue weighted by molar-refractivity contribution is 6.35. The average molecular weight is 1030 g/mol. The van der Waals surface area contributed by atoms with E-state index in [2.05, 4.69) is 24.6 Å². The number of fused-ring (bicyclic) bond motifs is 3. The van der Waals surface area contributed by atoms with Crippen molar-refractivity contribution in [2.24, 2.45) is 13.0 Å². The van der Waals surface area contributed by atoms with Crippen LogP contribution in [0.25, 0.3) is 32.8 Å². The molecule has 0 spiro atoms. The molecule has 14 nitrogen and oxygen atoms in total. The minimum absolute atomic E-state index is 0.162. The summed E-state index contributed by atoms with van der Waals surface area (Å²) in [6, 6.07) is 16.6. The number of benzene rings is 4. The number of hydrogen-bond donors (Lipinski definition) is 1. The number of amides is 3. The molecule has 6 aromatic rings. The maximum atomic E-state index is 15.7. The Kier molecular flexibility index (Phi) is 14.3. The number of carbonyl (C=O) groups excluding carboxylic acids is 4. The summed E-state index contributed by atoms with van der Waals surface area (Å²) in [5.41, 5.74) is 6.53. The molecule has 2 aromatic heterocycles. The number of esters is 1. The molecule has 0 aliphatic carbocycles. The molecule has 0 bridgehead atoms. The van der Waals surface area contributed by atoms with E-state index in [9.17, 15) is 23.6 Å². The van der Waals surface area contributed by atoms with Crippen LogP contribution in [-0.2, 0) is 40.9 Å². The molecule has 0 radical (unpaired) electrons. The van der Waals surface area contributed by atoms with E-state index in [0.717, 1.165) is 95.3 Å². The van der Waals surface area contributed by atoms with Crippen LogP contribution in [0, 0.1) is 31.4 Å². The van der Waals surface area contributed by atoms with E-state index in [-0.39, 0.29) is 42.6 Å². The lowest BCUT2D eigenvalue weighted by Gasteiger charge is -2.39. The van der Waals surface area contributed by atoms with E-state index in [4.69, 9.17) is 26.2 Å². The SMILES string of the molecule is Cc1nn(C)c(C)c1-c1c(Cl)ccc2c(CCCOc3cccc4cc(F)ccc34)c(C(=O)OC(C)(C)C)n(CCN3CCC(CN4CCN(c5cc6c(cc5F)C(=O)N(C5CCC(=O)NC5=O)C6)CC4)CC3)c12. The molecule has 390 valence electrons. The number of ether oxygens (including phenoxy) is 2. The number of likely N-dealkylation sites (tertiary alicyclic amines) is 1. The van der Waals surface area contributed by atoms with Crippen LogP contribution in [0.4, 0.5) is 14.5 Å². The number of imide groups is 1. The van der Waals surface area contributed by atoms with Gasteiger partial charge in [0.05, 0.1) is 28.5 Å². The summed E-state index contributed by atoms with van der Waals surface area (Å²) in [6.07, 6.45) is 3.58. The number of piperidine rings is 2. The van der Waals surface area contributed by atoms with Crippen LogP contribution < -0.4 is 15.0 Å². The summed E-state index contributed by atoms with van der Waals surface area (Å²) in [5, 5.41) is 10.2. The number of halogens is 3. The third kappa shape index (κ3) is 10.2. The largest absolute Gasteiger partial charge is 0.493 e. The second-order valence-corrected chi connectivity index (χ2v) is 21.9. The number of piperazine rings is 1. The van der Waals surface area contributed by atoms with Crippen LogP contribution in [0.15, 0.2) is 60.7 Å². The van der Waals surface area contributed by atoms with Crippen LogP contribution in [0.1, 0.15) is 96.2 Å². The Morgan fingerprint density at radius 3 is 2.35 bits per heavy atom. The molecule has 4 aromatic carbocycles. The predicted octanol–water partition coefficient (Wildman–Crippen LogP) is 9.01. The monoisotopic (exact) mass is 1030 g/mol. The van der Waals surface area contributed by atoms with Gasteiger partial charge in [0.25, 0.3) is 5.91 Å². The molecule has 74 heavy (non-hydrogen) atoms. The van der Waals surface area contributed by atoms with Crippen LogP contribution in [0.5, 0.6) is 5.75 Å². The van der Waals surface area contributed by atoms with Crippen molar-refractivity contribution >= 4 is 62.7 Å². The molecule has 0 saturated carbocycles. The first-order valence-electron chi connectivity index (χ1n) is 26.0. The van der Waals surface area contributed by atoms with E-state index >= 15 is 4.39 Å². The van der Waals surface area contributed by atoms with Gasteiger partial charge in [-0.3, -0.25) is 29.3 Å². The highest BCUT2D eigenvalue weighted by Gasteiger charge is 2.40.